The van der Waals surface area contributed by atoms with Crippen LogP contribution in [0.2, 0.25) is 0 Å². The summed E-state index contributed by atoms with van der Waals surface area (Å²) in [6, 6.07) is 7.62. The van der Waals surface area contributed by atoms with Crippen molar-refractivity contribution in [2.45, 2.75) is 51.1 Å². The van der Waals surface area contributed by atoms with E-state index in [1.165, 1.54) is 4.90 Å². The number of benzene rings is 1. The second kappa shape index (κ2) is 9.46. The van der Waals surface area contributed by atoms with Crippen LogP contribution in [0.15, 0.2) is 30.3 Å². The van der Waals surface area contributed by atoms with E-state index in [0.717, 1.165) is 6.26 Å². The Morgan fingerprint density at radius 3 is 2.33 bits per heavy atom. The molecule has 3 atom stereocenters. The smallest absolute Gasteiger partial charge is 0.426 e. The highest BCUT2D eigenvalue weighted by Crippen LogP contribution is 2.36. The zero-order chi connectivity index (χ0) is 22.7. The Kier molecular flexibility index (Phi) is 7.67. The lowest BCUT2D eigenvalue weighted by molar-refractivity contribution is -0.141. The minimum Gasteiger partial charge on any atom is -0.426 e. The predicted molar refractivity (Wildman–Crippen MR) is 113 cm³/mol. The maximum Gasteiger partial charge on any atom is 0.475 e. The van der Waals surface area contributed by atoms with E-state index in [2.05, 4.69) is 10.0 Å². The molecule has 0 radical (unpaired) electrons. The number of rotatable bonds is 9. The number of nitrogens with one attached hydrogen (secondary N) is 2. The average molecular weight is 439 g/mol. The fraction of sp³-hybridized carbons (Fsp3) is 0.579. The van der Waals surface area contributed by atoms with Gasteiger partial charge in [-0.2, -0.15) is 4.72 Å². The lowest BCUT2D eigenvalue weighted by atomic mass is 9.77. The van der Waals surface area contributed by atoms with E-state index in [1.807, 2.05) is 0 Å². The largest absolute Gasteiger partial charge is 0.475 e. The Bertz CT molecular complexity index is 864. The number of hydrogen-bond donors (Lipinski definition) is 4. The molecule has 1 aliphatic rings. The molecule has 2 rings (SSSR count). The van der Waals surface area contributed by atoms with Gasteiger partial charge >= 0.3 is 7.12 Å². The summed E-state index contributed by atoms with van der Waals surface area (Å²) in [6.07, 6.45) is 1.50. The Balaban J connectivity index is 2.45. The number of amides is 2. The molecule has 1 heterocycles. The number of likely N-dealkylation sites (tertiary alicyclic amines) is 1. The molecular formula is C19H30BN3O6S. The maximum atomic E-state index is 13.5. The fourth-order valence-electron chi connectivity index (χ4n) is 3.84. The number of sulfonamides is 1. The zero-order valence-electron chi connectivity index (χ0n) is 17.7. The molecule has 0 saturated carbocycles. The van der Waals surface area contributed by atoms with E-state index >= 15 is 0 Å². The molecule has 0 aliphatic carbocycles. The topological polar surface area (TPSA) is 136 Å². The summed E-state index contributed by atoms with van der Waals surface area (Å²) in [7, 11) is -5.42. The first-order chi connectivity index (χ1) is 13.9. The van der Waals surface area contributed by atoms with Gasteiger partial charge in [0, 0.05) is 6.54 Å². The first kappa shape index (κ1) is 24.3. The van der Waals surface area contributed by atoms with Gasteiger partial charge in [0.05, 0.1) is 12.2 Å². The van der Waals surface area contributed by atoms with Crippen LogP contribution in [0.3, 0.4) is 0 Å². The molecule has 0 bridgehead atoms. The standard InChI is InChI=1S/C19H30BN3O6S/c1-5-15(20(26)27)21-17(24)16(14-9-7-6-8-10-14)23-12-11-19(13(2)3,18(23)25)22-30(4,28)29/h6-10,13,15-16,22,26-27H,5,11-12H2,1-4H3,(H,21,24)/t15-,16?,19?/m0/s1. The lowest BCUT2D eigenvalue weighted by Crippen LogP contribution is -2.58. The van der Waals surface area contributed by atoms with Crippen molar-refractivity contribution in [3.05, 3.63) is 35.9 Å². The summed E-state index contributed by atoms with van der Waals surface area (Å²) in [5.74, 6) is -2.28. The summed E-state index contributed by atoms with van der Waals surface area (Å²) in [5, 5.41) is 21.6. The Morgan fingerprint density at radius 1 is 1.27 bits per heavy atom. The third-order valence-corrected chi connectivity index (χ3v) is 6.28. The Labute approximate surface area is 178 Å². The van der Waals surface area contributed by atoms with Crippen LogP contribution in [-0.2, 0) is 19.6 Å². The van der Waals surface area contributed by atoms with Gasteiger partial charge in [-0.25, -0.2) is 8.42 Å². The van der Waals surface area contributed by atoms with Crippen molar-refractivity contribution >= 4 is 29.0 Å². The van der Waals surface area contributed by atoms with Crippen LogP contribution in [0, 0.1) is 5.92 Å². The molecular weight excluding hydrogens is 409 g/mol. The number of nitrogens with zero attached hydrogens (tertiary/aromatic N) is 1. The van der Waals surface area contributed by atoms with Crippen molar-refractivity contribution in [2.24, 2.45) is 5.92 Å². The molecule has 1 aliphatic heterocycles. The van der Waals surface area contributed by atoms with Gasteiger partial charge in [-0.1, -0.05) is 51.1 Å². The normalized spacial score (nSPS) is 21.6. The summed E-state index contributed by atoms with van der Waals surface area (Å²) in [4.78, 5) is 28.0. The molecule has 1 saturated heterocycles. The minimum atomic E-state index is -3.68. The summed E-state index contributed by atoms with van der Waals surface area (Å²) in [6.45, 7) is 5.38. The third kappa shape index (κ3) is 5.21. The molecule has 0 spiro atoms. The van der Waals surface area contributed by atoms with Gasteiger partial charge in [0.15, 0.2) is 0 Å². The van der Waals surface area contributed by atoms with Crippen LogP contribution in [0.1, 0.15) is 45.2 Å². The van der Waals surface area contributed by atoms with E-state index in [9.17, 15) is 28.1 Å². The highest BCUT2D eigenvalue weighted by atomic mass is 32.2. The van der Waals surface area contributed by atoms with E-state index in [4.69, 9.17) is 0 Å². The predicted octanol–water partition coefficient (Wildman–Crippen LogP) is -0.189. The van der Waals surface area contributed by atoms with E-state index in [1.54, 1.807) is 51.1 Å². The molecule has 4 N–H and O–H groups in total. The van der Waals surface area contributed by atoms with E-state index in [0.29, 0.717) is 5.56 Å². The third-order valence-electron chi connectivity index (χ3n) is 5.55. The number of hydrogen-bond acceptors (Lipinski definition) is 6. The molecule has 166 valence electrons. The monoisotopic (exact) mass is 439 g/mol. The summed E-state index contributed by atoms with van der Waals surface area (Å²) in [5.41, 5.74) is -0.800. The van der Waals surface area contributed by atoms with Crippen molar-refractivity contribution in [1.82, 2.24) is 14.9 Å². The molecule has 1 aromatic carbocycles. The molecule has 9 nitrogen and oxygen atoms in total. The second-order valence-electron chi connectivity index (χ2n) is 8.00. The van der Waals surface area contributed by atoms with Gasteiger partial charge in [-0.15, -0.1) is 0 Å². The van der Waals surface area contributed by atoms with Crippen LogP contribution in [0.4, 0.5) is 0 Å². The number of carbonyl (C=O) groups excluding carboxylic acids is 2. The van der Waals surface area contributed by atoms with E-state index in [-0.39, 0.29) is 25.3 Å². The molecule has 1 aromatic rings. The van der Waals surface area contributed by atoms with Crippen molar-refractivity contribution in [1.29, 1.82) is 0 Å². The molecule has 11 heteroatoms. The second-order valence-corrected chi connectivity index (χ2v) is 9.75. The highest BCUT2D eigenvalue weighted by Gasteiger charge is 2.53. The fourth-order valence-corrected chi connectivity index (χ4v) is 4.93. The average Bonchev–Trinajstić information content (AvgIpc) is 2.97. The van der Waals surface area contributed by atoms with Gasteiger partial charge in [0.2, 0.25) is 21.8 Å². The molecule has 30 heavy (non-hydrogen) atoms. The summed E-state index contributed by atoms with van der Waals surface area (Å²) < 4.78 is 26.4. The van der Waals surface area contributed by atoms with Crippen LogP contribution in [0.5, 0.6) is 0 Å². The molecule has 2 unspecified atom stereocenters. The zero-order valence-corrected chi connectivity index (χ0v) is 18.5. The Morgan fingerprint density at radius 2 is 1.87 bits per heavy atom. The van der Waals surface area contributed by atoms with Crippen LogP contribution in [0.25, 0.3) is 0 Å². The van der Waals surface area contributed by atoms with Crippen molar-refractivity contribution in [3.8, 4) is 0 Å². The first-order valence-corrected chi connectivity index (χ1v) is 11.8. The van der Waals surface area contributed by atoms with Crippen LogP contribution >= 0.6 is 0 Å². The highest BCUT2D eigenvalue weighted by molar-refractivity contribution is 7.88. The molecule has 0 aromatic heterocycles. The molecule has 2 amide bonds. The van der Waals surface area contributed by atoms with E-state index < -0.39 is 46.5 Å². The lowest BCUT2D eigenvalue weighted by Gasteiger charge is -2.34. The minimum absolute atomic E-state index is 0.172. The Hall–Kier alpha value is -1.95. The van der Waals surface area contributed by atoms with Crippen molar-refractivity contribution in [2.75, 3.05) is 12.8 Å². The van der Waals surface area contributed by atoms with Crippen molar-refractivity contribution < 1.29 is 28.1 Å². The van der Waals surface area contributed by atoms with Gasteiger partial charge < -0.3 is 20.3 Å². The first-order valence-electron chi connectivity index (χ1n) is 9.94. The van der Waals surface area contributed by atoms with Crippen LogP contribution < -0.4 is 10.0 Å². The van der Waals surface area contributed by atoms with Gasteiger partial charge in [-0.3, -0.25) is 9.59 Å². The maximum absolute atomic E-state index is 13.5. The van der Waals surface area contributed by atoms with Gasteiger partial charge in [-0.05, 0) is 24.3 Å². The van der Waals surface area contributed by atoms with Crippen molar-refractivity contribution in [3.63, 3.8) is 0 Å². The number of carbonyl (C=O) groups is 2. The quantitative estimate of drug-likeness (QED) is 0.394. The SMILES string of the molecule is CC[C@H](NC(=O)C(c1ccccc1)N1CCC(NS(C)(=O)=O)(C(C)C)C1=O)B(O)O. The molecule has 1 fully saturated rings. The summed E-state index contributed by atoms with van der Waals surface area (Å²) >= 11 is 0. The van der Waals surface area contributed by atoms with Gasteiger partial charge in [0.25, 0.3) is 0 Å². The van der Waals surface area contributed by atoms with Gasteiger partial charge in [0.1, 0.15) is 11.6 Å². The van der Waals surface area contributed by atoms with Crippen LogP contribution in [-0.4, -0.2) is 66.6 Å².